The maximum absolute atomic E-state index is 12.5. The molecule has 1 aliphatic rings. The lowest BCUT2D eigenvalue weighted by atomic mass is 10.1. The summed E-state index contributed by atoms with van der Waals surface area (Å²) in [4.78, 5) is 24.8. The van der Waals surface area contributed by atoms with Crippen LogP contribution in [-0.2, 0) is 4.79 Å². The second kappa shape index (κ2) is 8.74. The first-order chi connectivity index (χ1) is 13.1. The van der Waals surface area contributed by atoms with Crippen molar-refractivity contribution in [3.05, 3.63) is 52.0 Å². The highest BCUT2D eigenvalue weighted by molar-refractivity contribution is 9.10. The first-order valence-electron chi connectivity index (χ1n) is 8.14. The lowest BCUT2D eigenvalue weighted by molar-refractivity contribution is -0.117. The van der Waals surface area contributed by atoms with Crippen LogP contribution in [-0.4, -0.2) is 36.9 Å². The molecule has 27 heavy (non-hydrogen) atoms. The van der Waals surface area contributed by atoms with Gasteiger partial charge in [0.15, 0.2) is 21.9 Å². The number of benzene rings is 1. The maximum Gasteiger partial charge on any atom is 0.291 e. The second-order valence-corrected chi connectivity index (χ2v) is 6.34. The lowest BCUT2D eigenvalue weighted by Gasteiger charge is -2.10. The average molecular weight is 437 g/mol. The Morgan fingerprint density at radius 2 is 2.00 bits per heavy atom. The molecule has 2 heterocycles. The minimum absolute atomic E-state index is 0.0318. The van der Waals surface area contributed by atoms with E-state index in [1.54, 1.807) is 24.3 Å². The van der Waals surface area contributed by atoms with Gasteiger partial charge in [-0.05, 0) is 58.3 Å². The van der Waals surface area contributed by atoms with Gasteiger partial charge in [-0.15, -0.1) is 0 Å². The normalized spacial score (nSPS) is 12.7. The van der Waals surface area contributed by atoms with E-state index in [1.165, 1.54) is 12.1 Å². The summed E-state index contributed by atoms with van der Waals surface area (Å²) in [5.74, 6) is 0.183. The molecule has 0 saturated carbocycles. The summed E-state index contributed by atoms with van der Waals surface area (Å²) < 4.78 is 16.2. The molecule has 0 fully saturated rings. The van der Waals surface area contributed by atoms with E-state index in [9.17, 15) is 9.59 Å². The molecule has 1 aliphatic heterocycles. The molecule has 3 rings (SSSR count). The minimum Gasteiger partial charge on any atom is -0.454 e. The molecule has 0 spiro atoms. The van der Waals surface area contributed by atoms with E-state index >= 15 is 0 Å². The second-order valence-electron chi connectivity index (χ2n) is 5.56. The number of carbonyl (C=O) groups excluding carboxylic acids is 2. The fourth-order valence-electron chi connectivity index (χ4n) is 2.32. The number of amides is 2. The van der Waals surface area contributed by atoms with Gasteiger partial charge < -0.3 is 29.6 Å². The van der Waals surface area contributed by atoms with Gasteiger partial charge >= 0.3 is 0 Å². The van der Waals surface area contributed by atoms with Crippen LogP contribution < -0.4 is 20.1 Å². The predicted molar refractivity (Wildman–Crippen MR) is 99.1 cm³/mol. The van der Waals surface area contributed by atoms with Crippen LogP contribution in [0.15, 0.2) is 45.1 Å². The molecule has 1 aromatic carbocycles. The van der Waals surface area contributed by atoms with Crippen molar-refractivity contribution in [2.75, 3.05) is 19.9 Å². The van der Waals surface area contributed by atoms with Crippen molar-refractivity contribution < 1.29 is 28.6 Å². The molecule has 142 valence electrons. The molecule has 0 atom stereocenters. The van der Waals surface area contributed by atoms with Crippen LogP contribution in [0.5, 0.6) is 11.5 Å². The van der Waals surface area contributed by atoms with Crippen LogP contribution in [0.4, 0.5) is 0 Å². The van der Waals surface area contributed by atoms with Crippen LogP contribution in [0.3, 0.4) is 0 Å². The molecule has 0 radical (unpaired) electrons. The molecule has 3 N–H and O–H groups in total. The summed E-state index contributed by atoms with van der Waals surface area (Å²) in [5, 5.41) is 14.1. The van der Waals surface area contributed by atoms with Crippen LogP contribution >= 0.6 is 15.9 Å². The van der Waals surface area contributed by atoms with Crippen LogP contribution in [0, 0.1) is 0 Å². The Kier molecular flexibility index (Phi) is 6.15. The molecule has 2 amide bonds. The van der Waals surface area contributed by atoms with Crippen molar-refractivity contribution in [1.29, 1.82) is 0 Å². The largest absolute Gasteiger partial charge is 0.454 e. The highest BCUT2D eigenvalue weighted by atomic mass is 79.9. The number of halogens is 1. The molecule has 9 heteroatoms. The monoisotopic (exact) mass is 436 g/mol. The predicted octanol–water partition coefficient (Wildman–Crippen LogP) is 2.04. The molecular formula is C18H17BrN2O6. The summed E-state index contributed by atoms with van der Waals surface area (Å²) in [5.41, 5.74) is 0.678. The van der Waals surface area contributed by atoms with E-state index in [4.69, 9.17) is 19.0 Å². The topological polar surface area (TPSA) is 110 Å². The molecule has 0 aliphatic carbocycles. The number of rotatable bonds is 7. The van der Waals surface area contributed by atoms with E-state index in [2.05, 4.69) is 26.6 Å². The number of nitrogens with one attached hydrogen (secondary N) is 2. The number of furan rings is 1. The summed E-state index contributed by atoms with van der Waals surface area (Å²) >= 11 is 3.13. The fraction of sp³-hybridized carbons (Fsp3) is 0.222. The Bertz CT molecular complexity index is 876. The number of ether oxygens (including phenoxy) is 2. The molecule has 0 saturated heterocycles. The molecule has 2 aromatic rings. The zero-order chi connectivity index (χ0) is 19.2. The van der Waals surface area contributed by atoms with Crippen molar-refractivity contribution in [1.82, 2.24) is 10.6 Å². The van der Waals surface area contributed by atoms with Crippen molar-refractivity contribution in [3.8, 4) is 11.5 Å². The Hall–Kier alpha value is -2.78. The molecule has 0 bridgehead atoms. The smallest absolute Gasteiger partial charge is 0.291 e. The Morgan fingerprint density at radius 1 is 1.19 bits per heavy atom. The Balaban J connectivity index is 1.82. The zero-order valence-corrected chi connectivity index (χ0v) is 15.7. The zero-order valence-electron chi connectivity index (χ0n) is 14.2. The van der Waals surface area contributed by atoms with E-state index < -0.39 is 11.8 Å². The highest BCUT2D eigenvalue weighted by Crippen LogP contribution is 2.33. The molecular weight excluding hydrogens is 420 g/mol. The van der Waals surface area contributed by atoms with Crippen molar-refractivity contribution in [2.45, 2.75) is 6.42 Å². The van der Waals surface area contributed by atoms with E-state index in [0.717, 1.165) is 0 Å². The summed E-state index contributed by atoms with van der Waals surface area (Å²) in [6.45, 7) is 0.366. The standard InChI is InChI=1S/C18H17BrN2O6/c19-16-5-4-14(27-16)18(24)21-12(17(23)20-6-1-7-22)8-11-2-3-13-15(9-11)26-10-25-13/h2-5,8-9,22H,1,6-7,10H2,(H,20,23)(H,21,24)/b12-8-. The summed E-state index contributed by atoms with van der Waals surface area (Å²) in [6, 6.07) is 8.24. The van der Waals surface area contributed by atoms with Crippen molar-refractivity contribution in [3.63, 3.8) is 0 Å². The number of hydrogen-bond acceptors (Lipinski definition) is 6. The molecule has 0 unspecified atom stereocenters. The first kappa shape index (κ1) is 19.0. The van der Waals surface area contributed by atoms with Gasteiger partial charge in [0.25, 0.3) is 11.8 Å². The third-order valence-corrected chi connectivity index (χ3v) is 4.04. The SMILES string of the molecule is O=C(NCCCO)/C(=C/c1ccc2c(c1)OCO2)NC(=O)c1ccc(Br)o1. The van der Waals surface area contributed by atoms with Crippen molar-refractivity contribution >= 4 is 33.8 Å². The van der Waals surface area contributed by atoms with Crippen molar-refractivity contribution in [2.24, 2.45) is 0 Å². The van der Waals surface area contributed by atoms with Crippen LogP contribution in [0.25, 0.3) is 6.08 Å². The number of aliphatic hydroxyl groups excluding tert-OH is 1. The van der Waals surface area contributed by atoms with Gasteiger partial charge in [0.2, 0.25) is 6.79 Å². The maximum atomic E-state index is 12.5. The van der Waals surface area contributed by atoms with Gasteiger partial charge in [0.1, 0.15) is 5.70 Å². The first-order valence-corrected chi connectivity index (χ1v) is 8.93. The van der Waals surface area contributed by atoms with E-state index in [0.29, 0.717) is 28.2 Å². The number of hydrogen-bond donors (Lipinski definition) is 3. The van der Waals surface area contributed by atoms with Gasteiger partial charge in [-0.25, -0.2) is 0 Å². The van der Waals surface area contributed by atoms with E-state index in [-0.39, 0.29) is 31.4 Å². The van der Waals surface area contributed by atoms with Gasteiger partial charge in [-0.1, -0.05) is 6.07 Å². The number of carbonyl (C=O) groups is 2. The molecule has 8 nitrogen and oxygen atoms in total. The third-order valence-electron chi connectivity index (χ3n) is 3.62. The number of aliphatic hydroxyl groups is 1. The highest BCUT2D eigenvalue weighted by Gasteiger charge is 2.18. The molecule has 1 aromatic heterocycles. The fourth-order valence-corrected chi connectivity index (χ4v) is 2.63. The summed E-state index contributed by atoms with van der Waals surface area (Å²) in [7, 11) is 0. The quantitative estimate of drug-likeness (QED) is 0.452. The third kappa shape index (κ3) is 4.89. The van der Waals surface area contributed by atoms with Gasteiger partial charge in [0.05, 0.1) is 0 Å². The van der Waals surface area contributed by atoms with Crippen LogP contribution in [0.1, 0.15) is 22.5 Å². The minimum atomic E-state index is -0.565. The summed E-state index contributed by atoms with van der Waals surface area (Å²) in [6.07, 6.45) is 1.92. The van der Waals surface area contributed by atoms with Gasteiger partial charge in [-0.3, -0.25) is 9.59 Å². The number of fused-ring (bicyclic) bond motifs is 1. The Labute approximate surface area is 163 Å². The van der Waals surface area contributed by atoms with Gasteiger partial charge in [-0.2, -0.15) is 0 Å². The van der Waals surface area contributed by atoms with Crippen LogP contribution in [0.2, 0.25) is 0 Å². The van der Waals surface area contributed by atoms with E-state index in [1.807, 2.05) is 0 Å². The average Bonchev–Trinajstić information content (AvgIpc) is 3.29. The Morgan fingerprint density at radius 3 is 2.74 bits per heavy atom. The van der Waals surface area contributed by atoms with Gasteiger partial charge in [0, 0.05) is 13.2 Å². The lowest BCUT2D eigenvalue weighted by Crippen LogP contribution is -2.35.